The third kappa shape index (κ3) is 3.70. The summed E-state index contributed by atoms with van der Waals surface area (Å²) in [6.07, 6.45) is 0.833. The van der Waals surface area contributed by atoms with E-state index in [2.05, 4.69) is 0 Å². The zero-order valence-corrected chi connectivity index (χ0v) is 13.8. The van der Waals surface area contributed by atoms with Crippen molar-refractivity contribution < 1.29 is 14.3 Å². The predicted molar refractivity (Wildman–Crippen MR) is 101 cm³/mol. The number of carbonyl (C=O) groups is 1. The van der Waals surface area contributed by atoms with Crippen molar-refractivity contribution in [2.45, 2.75) is 0 Å². The minimum atomic E-state index is -0.407. The van der Waals surface area contributed by atoms with Gasteiger partial charge in [0.15, 0.2) is 5.76 Å². The molecule has 0 saturated carbocycles. The fourth-order valence-corrected chi connectivity index (χ4v) is 2.45. The summed E-state index contributed by atoms with van der Waals surface area (Å²) in [5.41, 5.74) is 1.47. The molecule has 1 heterocycles. The molecule has 0 aliphatic rings. The highest BCUT2D eigenvalue weighted by atomic mass is 16.4. The zero-order chi connectivity index (χ0) is 18.4. The summed E-state index contributed by atoms with van der Waals surface area (Å²) in [5, 5.41) is 10.3. The second-order valence-electron chi connectivity index (χ2n) is 5.50. The van der Waals surface area contributed by atoms with Crippen LogP contribution in [0.3, 0.4) is 0 Å². The minimum Gasteiger partial charge on any atom is -0.502 e. The molecule has 0 atom stereocenters. The fourth-order valence-electron chi connectivity index (χ4n) is 2.45. The summed E-state index contributed by atoms with van der Waals surface area (Å²) in [6.45, 7) is 0. The maximum absolute atomic E-state index is 12.0. The first-order chi connectivity index (χ1) is 12.7. The Morgan fingerprint density at radius 3 is 1.96 bits per heavy atom. The van der Waals surface area contributed by atoms with Crippen LogP contribution in [0.5, 0.6) is 5.75 Å². The van der Waals surface area contributed by atoms with E-state index in [0.717, 1.165) is 11.8 Å². The van der Waals surface area contributed by atoms with E-state index in [-0.39, 0.29) is 11.5 Å². The van der Waals surface area contributed by atoms with Crippen LogP contribution < -0.4 is 5.43 Å². The van der Waals surface area contributed by atoms with Crippen LogP contribution in [0.4, 0.5) is 0 Å². The van der Waals surface area contributed by atoms with Crippen molar-refractivity contribution in [2.24, 2.45) is 0 Å². The van der Waals surface area contributed by atoms with Crippen molar-refractivity contribution in [3.05, 3.63) is 101 Å². The molecule has 4 aromatic rings. The topological polar surface area (TPSA) is 67.5 Å². The van der Waals surface area contributed by atoms with E-state index in [1.54, 1.807) is 48.5 Å². The van der Waals surface area contributed by atoms with E-state index in [0.29, 0.717) is 16.5 Å². The molecule has 0 spiro atoms. The van der Waals surface area contributed by atoms with Crippen LogP contribution in [0.2, 0.25) is 0 Å². The summed E-state index contributed by atoms with van der Waals surface area (Å²) < 4.78 is 5.61. The quantitative estimate of drug-likeness (QED) is 0.537. The Balaban J connectivity index is 0.000000206. The molecule has 4 nitrogen and oxygen atoms in total. The maximum atomic E-state index is 12.0. The van der Waals surface area contributed by atoms with Crippen LogP contribution in [0.1, 0.15) is 10.4 Å². The van der Waals surface area contributed by atoms with E-state index < -0.39 is 5.43 Å². The van der Waals surface area contributed by atoms with E-state index in [1.165, 1.54) is 0 Å². The van der Waals surface area contributed by atoms with Gasteiger partial charge in [-0.25, -0.2) is 0 Å². The van der Waals surface area contributed by atoms with Crippen LogP contribution in [0, 0.1) is 0 Å². The fraction of sp³-hybridized carbons (Fsp3) is 0. The van der Waals surface area contributed by atoms with Gasteiger partial charge in [0.1, 0.15) is 11.9 Å². The van der Waals surface area contributed by atoms with E-state index in [9.17, 15) is 14.7 Å². The average Bonchev–Trinajstić information content (AvgIpc) is 2.72. The van der Waals surface area contributed by atoms with Crippen LogP contribution in [0.25, 0.3) is 22.3 Å². The highest BCUT2D eigenvalue weighted by molar-refractivity contribution is 5.81. The first-order valence-electron chi connectivity index (χ1n) is 8.01. The van der Waals surface area contributed by atoms with Crippen LogP contribution >= 0.6 is 0 Å². The van der Waals surface area contributed by atoms with Gasteiger partial charge in [-0.2, -0.15) is 0 Å². The molecule has 0 saturated heterocycles. The lowest BCUT2D eigenvalue weighted by Crippen LogP contribution is -2.02. The Bertz CT molecular complexity index is 1070. The SMILES string of the molecule is O=Cc1ccccc1.O=c1c(O)c(-c2ccccc2)oc2ccccc12. The first kappa shape index (κ1) is 17.2. The van der Waals surface area contributed by atoms with Gasteiger partial charge >= 0.3 is 0 Å². The molecule has 0 aliphatic heterocycles. The molecule has 128 valence electrons. The molecule has 0 radical (unpaired) electrons. The molecule has 26 heavy (non-hydrogen) atoms. The monoisotopic (exact) mass is 344 g/mol. The van der Waals surface area contributed by atoms with Crippen LogP contribution in [-0.4, -0.2) is 11.4 Å². The molecule has 0 aliphatic carbocycles. The van der Waals surface area contributed by atoms with Gasteiger partial charge in [0.2, 0.25) is 11.2 Å². The van der Waals surface area contributed by atoms with Crippen LogP contribution in [-0.2, 0) is 0 Å². The molecular weight excluding hydrogens is 328 g/mol. The molecule has 1 N–H and O–H groups in total. The van der Waals surface area contributed by atoms with Crippen molar-refractivity contribution in [3.63, 3.8) is 0 Å². The Morgan fingerprint density at radius 1 is 0.769 bits per heavy atom. The number of carbonyl (C=O) groups excluding carboxylic acids is 1. The maximum Gasteiger partial charge on any atom is 0.235 e. The number of para-hydroxylation sites is 1. The Morgan fingerprint density at radius 2 is 1.35 bits per heavy atom. The summed E-state index contributed by atoms with van der Waals surface area (Å²) in [6, 6.07) is 25.0. The molecule has 1 aromatic heterocycles. The Kier molecular flexibility index (Phi) is 5.25. The molecule has 4 heteroatoms. The van der Waals surface area contributed by atoms with Crippen molar-refractivity contribution in [1.29, 1.82) is 0 Å². The lowest BCUT2D eigenvalue weighted by atomic mass is 10.1. The van der Waals surface area contributed by atoms with Crippen molar-refractivity contribution in [3.8, 4) is 17.1 Å². The summed E-state index contributed by atoms with van der Waals surface area (Å²) in [5.74, 6) is -0.140. The number of hydrogen-bond acceptors (Lipinski definition) is 4. The summed E-state index contributed by atoms with van der Waals surface area (Å²) in [7, 11) is 0. The predicted octanol–water partition coefficient (Wildman–Crippen LogP) is 4.66. The van der Waals surface area contributed by atoms with E-state index in [1.807, 2.05) is 36.4 Å². The van der Waals surface area contributed by atoms with Gasteiger partial charge in [-0.1, -0.05) is 72.8 Å². The van der Waals surface area contributed by atoms with Gasteiger partial charge in [-0.05, 0) is 12.1 Å². The summed E-state index contributed by atoms with van der Waals surface area (Å²) >= 11 is 0. The van der Waals surface area contributed by atoms with E-state index >= 15 is 0 Å². The highest BCUT2D eigenvalue weighted by Gasteiger charge is 2.14. The lowest BCUT2D eigenvalue weighted by Gasteiger charge is -2.05. The second-order valence-corrected chi connectivity index (χ2v) is 5.50. The van der Waals surface area contributed by atoms with Gasteiger partial charge in [0.05, 0.1) is 5.39 Å². The van der Waals surface area contributed by atoms with Crippen molar-refractivity contribution in [2.75, 3.05) is 0 Å². The van der Waals surface area contributed by atoms with E-state index in [4.69, 9.17) is 4.42 Å². The molecule has 4 rings (SSSR count). The van der Waals surface area contributed by atoms with Crippen LogP contribution in [0.15, 0.2) is 94.1 Å². The van der Waals surface area contributed by atoms with Gasteiger partial charge in [-0.3, -0.25) is 9.59 Å². The lowest BCUT2D eigenvalue weighted by molar-refractivity contribution is 0.112. The summed E-state index contributed by atoms with van der Waals surface area (Å²) in [4.78, 5) is 22.0. The van der Waals surface area contributed by atoms with Gasteiger partial charge < -0.3 is 9.52 Å². The standard InChI is InChI=1S/C15H10O3.C7H6O/c16-13-11-8-4-5-9-12(11)18-15(14(13)17)10-6-2-1-3-7-10;8-6-7-4-2-1-3-5-7/h1-9,17H;1-6H. The normalized spacial score (nSPS) is 10.0. The Labute approximate surface area is 150 Å². The van der Waals surface area contributed by atoms with Crippen molar-refractivity contribution in [1.82, 2.24) is 0 Å². The molecule has 0 fully saturated rings. The smallest absolute Gasteiger partial charge is 0.235 e. The molecule has 0 amide bonds. The number of rotatable bonds is 2. The number of benzene rings is 3. The van der Waals surface area contributed by atoms with Gasteiger partial charge in [0, 0.05) is 11.1 Å². The van der Waals surface area contributed by atoms with Crippen molar-refractivity contribution >= 4 is 17.3 Å². The van der Waals surface area contributed by atoms with Gasteiger partial charge in [-0.15, -0.1) is 0 Å². The largest absolute Gasteiger partial charge is 0.502 e. The Hall–Kier alpha value is -3.66. The highest BCUT2D eigenvalue weighted by Crippen LogP contribution is 2.29. The minimum absolute atomic E-state index is 0.208. The molecule has 0 unspecified atom stereocenters. The molecule has 0 bridgehead atoms. The third-order valence-electron chi connectivity index (χ3n) is 3.75. The number of aldehydes is 1. The molecule has 3 aromatic carbocycles. The number of fused-ring (bicyclic) bond motifs is 1. The van der Waals surface area contributed by atoms with Gasteiger partial charge in [0.25, 0.3) is 0 Å². The molecular formula is C22H16O4. The number of hydrogen-bond donors (Lipinski definition) is 1. The zero-order valence-electron chi connectivity index (χ0n) is 13.8. The first-order valence-corrected chi connectivity index (χ1v) is 8.01. The second kappa shape index (κ2) is 7.94. The third-order valence-corrected chi connectivity index (χ3v) is 3.75. The number of aromatic hydroxyl groups is 1. The average molecular weight is 344 g/mol.